The standard InChI is InChI=1S/C20H21N3OS/c1-13(2)16-9-6-7-11-18(16)22-19(24)14(3)25-20-17-10-5-4-8-15(17)12-21-23-20/h4-14H,1-3H3,(H,22,24)/t14-/m0/s1. The number of nitrogens with one attached hydrogen (secondary N) is 1. The number of hydrogen-bond donors (Lipinski definition) is 1. The molecule has 0 bridgehead atoms. The van der Waals surface area contributed by atoms with Gasteiger partial charge in [-0.1, -0.05) is 68.1 Å². The molecule has 0 saturated heterocycles. The summed E-state index contributed by atoms with van der Waals surface area (Å²) in [5, 5.41) is 13.9. The van der Waals surface area contributed by atoms with Gasteiger partial charge in [0.05, 0.1) is 11.4 Å². The molecular weight excluding hydrogens is 330 g/mol. The fourth-order valence-corrected chi connectivity index (χ4v) is 3.57. The first-order chi connectivity index (χ1) is 12.1. The largest absolute Gasteiger partial charge is 0.325 e. The highest BCUT2D eigenvalue weighted by Crippen LogP contribution is 2.29. The molecule has 1 heterocycles. The van der Waals surface area contributed by atoms with Gasteiger partial charge in [-0.05, 0) is 24.5 Å². The lowest BCUT2D eigenvalue weighted by atomic mass is 10.0. The minimum atomic E-state index is -0.277. The second-order valence-corrected chi connectivity index (χ2v) is 7.56. The van der Waals surface area contributed by atoms with E-state index in [2.05, 4.69) is 29.4 Å². The molecule has 0 fully saturated rings. The zero-order valence-corrected chi connectivity index (χ0v) is 15.4. The minimum Gasteiger partial charge on any atom is -0.325 e. The number of thioether (sulfide) groups is 1. The summed E-state index contributed by atoms with van der Waals surface area (Å²) in [6.07, 6.45) is 1.74. The summed E-state index contributed by atoms with van der Waals surface area (Å²) in [6.45, 7) is 6.13. The average Bonchev–Trinajstić information content (AvgIpc) is 2.62. The number of benzene rings is 2. The van der Waals surface area contributed by atoms with Gasteiger partial charge in [-0.3, -0.25) is 4.79 Å². The van der Waals surface area contributed by atoms with Crippen LogP contribution in [0.3, 0.4) is 0 Å². The van der Waals surface area contributed by atoms with Crippen LogP contribution in [0.15, 0.2) is 59.8 Å². The molecule has 0 aliphatic carbocycles. The van der Waals surface area contributed by atoms with Gasteiger partial charge in [0.15, 0.2) is 0 Å². The van der Waals surface area contributed by atoms with E-state index >= 15 is 0 Å². The zero-order valence-electron chi connectivity index (χ0n) is 14.6. The van der Waals surface area contributed by atoms with Gasteiger partial charge in [0.2, 0.25) is 5.91 Å². The highest BCUT2D eigenvalue weighted by Gasteiger charge is 2.18. The summed E-state index contributed by atoms with van der Waals surface area (Å²) in [4.78, 5) is 12.6. The maximum absolute atomic E-state index is 12.6. The van der Waals surface area contributed by atoms with Crippen LogP contribution >= 0.6 is 11.8 Å². The molecule has 1 aromatic heterocycles. The van der Waals surface area contributed by atoms with Crippen LogP contribution in [-0.4, -0.2) is 21.4 Å². The van der Waals surface area contributed by atoms with E-state index in [1.807, 2.05) is 55.5 Å². The summed E-state index contributed by atoms with van der Waals surface area (Å²) in [5.74, 6) is 0.316. The van der Waals surface area contributed by atoms with E-state index < -0.39 is 0 Å². The summed E-state index contributed by atoms with van der Waals surface area (Å²) in [5.41, 5.74) is 2.01. The third kappa shape index (κ3) is 3.99. The van der Waals surface area contributed by atoms with Crippen molar-refractivity contribution in [2.24, 2.45) is 0 Å². The predicted octanol–water partition coefficient (Wildman–Crippen LogP) is 4.87. The van der Waals surface area contributed by atoms with Gasteiger partial charge < -0.3 is 5.32 Å². The monoisotopic (exact) mass is 351 g/mol. The number of aromatic nitrogens is 2. The van der Waals surface area contributed by atoms with E-state index in [1.54, 1.807) is 6.20 Å². The van der Waals surface area contributed by atoms with Crippen LogP contribution in [0.4, 0.5) is 5.69 Å². The van der Waals surface area contributed by atoms with E-state index in [0.717, 1.165) is 27.0 Å². The number of nitrogens with zero attached hydrogens (tertiary/aromatic N) is 2. The van der Waals surface area contributed by atoms with E-state index in [1.165, 1.54) is 11.8 Å². The summed E-state index contributed by atoms with van der Waals surface area (Å²) < 4.78 is 0. The maximum Gasteiger partial charge on any atom is 0.237 e. The van der Waals surface area contributed by atoms with Crippen molar-refractivity contribution in [3.8, 4) is 0 Å². The Morgan fingerprint density at radius 2 is 1.76 bits per heavy atom. The summed E-state index contributed by atoms with van der Waals surface area (Å²) in [7, 11) is 0. The molecule has 0 aliphatic heterocycles. The molecule has 3 aromatic rings. The second-order valence-electron chi connectivity index (χ2n) is 6.23. The summed E-state index contributed by atoms with van der Waals surface area (Å²) >= 11 is 1.43. The van der Waals surface area contributed by atoms with Crippen LogP contribution in [0.5, 0.6) is 0 Å². The van der Waals surface area contributed by atoms with Crippen LogP contribution in [0.25, 0.3) is 10.8 Å². The van der Waals surface area contributed by atoms with E-state index in [9.17, 15) is 4.79 Å². The number of carbonyl (C=O) groups is 1. The van der Waals surface area contributed by atoms with Gasteiger partial charge >= 0.3 is 0 Å². The molecule has 0 aliphatic rings. The van der Waals surface area contributed by atoms with Crippen molar-refractivity contribution in [3.63, 3.8) is 0 Å². The second kappa shape index (κ2) is 7.66. The van der Waals surface area contributed by atoms with Crippen molar-refractivity contribution in [2.45, 2.75) is 37.0 Å². The highest BCUT2D eigenvalue weighted by molar-refractivity contribution is 8.00. The van der Waals surface area contributed by atoms with Crippen LogP contribution in [-0.2, 0) is 4.79 Å². The molecule has 0 radical (unpaired) electrons. The number of para-hydroxylation sites is 1. The normalized spacial score (nSPS) is 12.3. The fourth-order valence-electron chi connectivity index (χ4n) is 2.66. The lowest BCUT2D eigenvalue weighted by molar-refractivity contribution is -0.115. The SMILES string of the molecule is CC(C)c1ccccc1NC(=O)[C@H](C)Sc1nncc2ccccc12. The Morgan fingerprint density at radius 1 is 1.04 bits per heavy atom. The van der Waals surface area contributed by atoms with Crippen molar-refractivity contribution in [3.05, 3.63) is 60.3 Å². The first kappa shape index (κ1) is 17.4. The van der Waals surface area contributed by atoms with Gasteiger partial charge in [-0.15, -0.1) is 5.10 Å². The van der Waals surface area contributed by atoms with E-state index in [-0.39, 0.29) is 11.2 Å². The Bertz CT molecular complexity index is 890. The first-order valence-corrected chi connectivity index (χ1v) is 9.21. The number of hydrogen-bond acceptors (Lipinski definition) is 4. The van der Waals surface area contributed by atoms with E-state index in [4.69, 9.17) is 0 Å². The Balaban J connectivity index is 1.77. The zero-order chi connectivity index (χ0) is 17.8. The molecule has 3 rings (SSSR count). The van der Waals surface area contributed by atoms with Crippen molar-refractivity contribution >= 4 is 34.1 Å². The molecule has 1 atom stereocenters. The Kier molecular flexibility index (Phi) is 5.34. The molecule has 1 N–H and O–H groups in total. The minimum absolute atomic E-state index is 0.0344. The van der Waals surface area contributed by atoms with E-state index in [0.29, 0.717) is 5.92 Å². The Morgan fingerprint density at radius 3 is 2.56 bits per heavy atom. The van der Waals surface area contributed by atoms with Gasteiger partial charge in [-0.25, -0.2) is 0 Å². The average molecular weight is 351 g/mol. The highest BCUT2D eigenvalue weighted by atomic mass is 32.2. The number of fused-ring (bicyclic) bond motifs is 1. The van der Waals surface area contributed by atoms with Crippen molar-refractivity contribution in [2.75, 3.05) is 5.32 Å². The lowest BCUT2D eigenvalue weighted by Gasteiger charge is -2.16. The molecule has 0 spiro atoms. The molecule has 128 valence electrons. The molecular formula is C20H21N3OS. The van der Waals surface area contributed by atoms with Gasteiger partial charge in [0.25, 0.3) is 0 Å². The van der Waals surface area contributed by atoms with Crippen molar-refractivity contribution in [1.82, 2.24) is 10.2 Å². The lowest BCUT2D eigenvalue weighted by Crippen LogP contribution is -2.23. The number of amides is 1. The Hall–Kier alpha value is -2.40. The maximum atomic E-state index is 12.6. The molecule has 25 heavy (non-hydrogen) atoms. The molecule has 0 saturated carbocycles. The molecule has 4 nitrogen and oxygen atoms in total. The van der Waals surface area contributed by atoms with Gasteiger partial charge in [0, 0.05) is 16.5 Å². The van der Waals surface area contributed by atoms with Gasteiger partial charge in [0.1, 0.15) is 5.03 Å². The number of rotatable bonds is 5. The van der Waals surface area contributed by atoms with Crippen molar-refractivity contribution < 1.29 is 4.79 Å². The number of anilines is 1. The fraction of sp³-hybridized carbons (Fsp3) is 0.250. The molecule has 2 aromatic carbocycles. The summed E-state index contributed by atoms with van der Waals surface area (Å²) in [6, 6.07) is 15.9. The van der Waals surface area contributed by atoms with Crippen LogP contribution in [0.1, 0.15) is 32.3 Å². The topological polar surface area (TPSA) is 54.9 Å². The van der Waals surface area contributed by atoms with Crippen LogP contribution in [0, 0.1) is 0 Å². The molecule has 1 amide bonds. The first-order valence-electron chi connectivity index (χ1n) is 8.33. The Labute approximate surface area is 152 Å². The van der Waals surface area contributed by atoms with Crippen molar-refractivity contribution in [1.29, 1.82) is 0 Å². The predicted molar refractivity (Wildman–Crippen MR) is 104 cm³/mol. The van der Waals surface area contributed by atoms with Crippen LogP contribution < -0.4 is 5.32 Å². The smallest absolute Gasteiger partial charge is 0.237 e. The van der Waals surface area contributed by atoms with Gasteiger partial charge in [-0.2, -0.15) is 5.10 Å². The third-order valence-electron chi connectivity index (χ3n) is 4.03. The third-order valence-corrected chi connectivity index (χ3v) is 5.13. The number of carbonyl (C=O) groups excluding carboxylic acids is 1. The quantitative estimate of drug-likeness (QED) is 0.666. The molecule has 0 unspecified atom stereocenters. The molecule has 5 heteroatoms. The van der Waals surface area contributed by atoms with Crippen LogP contribution in [0.2, 0.25) is 0 Å².